The van der Waals surface area contributed by atoms with Gasteiger partial charge in [0.25, 0.3) is 5.91 Å². The molecule has 20 heavy (non-hydrogen) atoms. The van der Waals surface area contributed by atoms with Crippen LogP contribution in [0, 0.1) is 5.92 Å². The molecule has 0 saturated heterocycles. The van der Waals surface area contributed by atoms with Gasteiger partial charge in [-0.3, -0.25) is 9.59 Å². The van der Waals surface area contributed by atoms with Crippen LogP contribution in [0.1, 0.15) is 24.2 Å². The van der Waals surface area contributed by atoms with Crippen molar-refractivity contribution in [3.63, 3.8) is 0 Å². The first-order valence-corrected chi connectivity index (χ1v) is 6.89. The molecule has 4 N–H and O–H groups in total. The maximum Gasteiger partial charge on any atom is 0.251 e. The zero-order valence-electron chi connectivity index (χ0n) is 11.3. The van der Waals surface area contributed by atoms with Crippen molar-refractivity contribution in [3.8, 4) is 0 Å². The minimum atomic E-state index is -0.326. The maximum absolute atomic E-state index is 11.9. The minimum absolute atomic E-state index is 0.0576. The van der Waals surface area contributed by atoms with Crippen LogP contribution in [0.2, 0.25) is 10.0 Å². The number of carbonyl (C=O) groups excluding carboxylic acids is 2. The van der Waals surface area contributed by atoms with Gasteiger partial charge in [-0.25, -0.2) is 0 Å². The van der Waals surface area contributed by atoms with Gasteiger partial charge in [0.2, 0.25) is 5.91 Å². The zero-order valence-corrected chi connectivity index (χ0v) is 12.8. The fourth-order valence-electron chi connectivity index (χ4n) is 1.38. The SMILES string of the molecule is CC(C)C(=O)NCCNC(=O)c1cc(Cl)c(N)c(Cl)c1. The quantitative estimate of drug-likeness (QED) is 0.574. The average molecular weight is 318 g/mol. The van der Waals surface area contributed by atoms with Crippen molar-refractivity contribution in [2.45, 2.75) is 13.8 Å². The summed E-state index contributed by atoms with van der Waals surface area (Å²) in [7, 11) is 0. The number of anilines is 1. The number of hydrogen-bond acceptors (Lipinski definition) is 3. The lowest BCUT2D eigenvalue weighted by Crippen LogP contribution is -2.36. The molecule has 0 bridgehead atoms. The van der Waals surface area contributed by atoms with Crippen molar-refractivity contribution in [2.24, 2.45) is 5.92 Å². The van der Waals surface area contributed by atoms with Gasteiger partial charge in [0.05, 0.1) is 15.7 Å². The van der Waals surface area contributed by atoms with Gasteiger partial charge >= 0.3 is 0 Å². The molecule has 0 fully saturated rings. The van der Waals surface area contributed by atoms with E-state index in [4.69, 9.17) is 28.9 Å². The van der Waals surface area contributed by atoms with E-state index >= 15 is 0 Å². The van der Waals surface area contributed by atoms with E-state index < -0.39 is 0 Å². The van der Waals surface area contributed by atoms with E-state index in [-0.39, 0.29) is 33.5 Å². The number of nitrogen functional groups attached to an aromatic ring is 1. The summed E-state index contributed by atoms with van der Waals surface area (Å²) in [6.07, 6.45) is 0. The van der Waals surface area contributed by atoms with Crippen molar-refractivity contribution in [1.29, 1.82) is 0 Å². The Labute approximate surface area is 127 Å². The highest BCUT2D eigenvalue weighted by atomic mass is 35.5. The lowest BCUT2D eigenvalue weighted by molar-refractivity contribution is -0.123. The van der Waals surface area contributed by atoms with Crippen LogP contribution in [0.15, 0.2) is 12.1 Å². The summed E-state index contributed by atoms with van der Waals surface area (Å²) in [5, 5.41) is 5.81. The number of carbonyl (C=O) groups is 2. The molecule has 0 aliphatic heterocycles. The molecule has 1 rings (SSSR count). The number of amides is 2. The van der Waals surface area contributed by atoms with Crippen LogP contribution in [-0.4, -0.2) is 24.9 Å². The third-order valence-electron chi connectivity index (χ3n) is 2.58. The molecule has 0 unspecified atom stereocenters. The highest BCUT2D eigenvalue weighted by molar-refractivity contribution is 6.39. The summed E-state index contributed by atoms with van der Waals surface area (Å²) >= 11 is 11.7. The summed E-state index contributed by atoms with van der Waals surface area (Å²) in [6.45, 7) is 4.27. The monoisotopic (exact) mass is 317 g/mol. The Kier molecular flexibility index (Phi) is 6.10. The van der Waals surface area contributed by atoms with E-state index in [0.29, 0.717) is 18.7 Å². The van der Waals surface area contributed by atoms with Crippen LogP contribution in [0.5, 0.6) is 0 Å². The molecule has 110 valence electrons. The van der Waals surface area contributed by atoms with Gasteiger partial charge in [-0.05, 0) is 12.1 Å². The Balaban J connectivity index is 2.50. The molecule has 7 heteroatoms. The number of nitrogens with two attached hydrogens (primary N) is 1. The Morgan fingerprint density at radius 2 is 1.65 bits per heavy atom. The van der Waals surface area contributed by atoms with Crippen molar-refractivity contribution >= 4 is 40.7 Å². The second-order valence-corrected chi connectivity index (χ2v) is 5.37. The molecule has 0 saturated carbocycles. The van der Waals surface area contributed by atoms with Gasteiger partial charge in [0.1, 0.15) is 0 Å². The first-order chi connectivity index (χ1) is 9.32. The highest BCUT2D eigenvalue weighted by Gasteiger charge is 2.11. The zero-order chi connectivity index (χ0) is 15.3. The molecule has 0 aliphatic rings. The molecule has 0 radical (unpaired) electrons. The van der Waals surface area contributed by atoms with Crippen LogP contribution in [0.3, 0.4) is 0 Å². The van der Waals surface area contributed by atoms with Crippen molar-refractivity contribution in [2.75, 3.05) is 18.8 Å². The molecular formula is C13H17Cl2N3O2. The number of hydrogen-bond donors (Lipinski definition) is 3. The first-order valence-electron chi connectivity index (χ1n) is 6.13. The van der Waals surface area contributed by atoms with E-state index in [1.54, 1.807) is 13.8 Å². The van der Waals surface area contributed by atoms with Crippen molar-refractivity contribution < 1.29 is 9.59 Å². The molecular weight excluding hydrogens is 301 g/mol. The largest absolute Gasteiger partial charge is 0.396 e. The van der Waals surface area contributed by atoms with E-state index in [1.807, 2.05) is 0 Å². The molecule has 0 spiro atoms. The van der Waals surface area contributed by atoms with Crippen molar-refractivity contribution in [3.05, 3.63) is 27.7 Å². The molecule has 5 nitrogen and oxygen atoms in total. The first kappa shape index (κ1) is 16.6. The summed E-state index contributed by atoms with van der Waals surface area (Å²) in [5.41, 5.74) is 6.16. The molecule has 0 atom stereocenters. The number of nitrogens with one attached hydrogen (secondary N) is 2. The number of rotatable bonds is 5. The van der Waals surface area contributed by atoms with E-state index in [0.717, 1.165) is 0 Å². The summed E-state index contributed by atoms with van der Waals surface area (Å²) in [5.74, 6) is -0.467. The van der Waals surface area contributed by atoms with Crippen LogP contribution in [-0.2, 0) is 4.79 Å². The molecule has 1 aromatic carbocycles. The van der Waals surface area contributed by atoms with Gasteiger partial charge in [-0.1, -0.05) is 37.0 Å². The van der Waals surface area contributed by atoms with Gasteiger partial charge in [0.15, 0.2) is 0 Å². The maximum atomic E-state index is 11.9. The van der Waals surface area contributed by atoms with E-state index in [9.17, 15) is 9.59 Å². The smallest absolute Gasteiger partial charge is 0.251 e. The topological polar surface area (TPSA) is 84.2 Å². The van der Waals surface area contributed by atoms with Crippen LogP contribution < -0.4 is 16.4 Å². The second-order valence-electron chi connectivity index (χ2n) is 4.56. The van der Waals surface area contributed by atoms with Crippen LogP contribution in [0.25, 0.3) is 0 Å². The normalized spacial score (nSPS) is 10.4. The number of benzene rings is 1. The highest BCUT2D eigenvalue weighted by Crippen LogP contribution is 2.28. The predicted octanol–water partition coefficient (Wildman–Crippen LogP) is 2.08. The fraction of sp³-hybridized carbons (Fsp3) is 0.385. The third-order valence-corrected chi connectivity index (χ3v) is 3.20. The van der Waals surface area contributed by atoms with Gasteiger partial charge in [-0.15, -0.1) is 0 Å². The molecule has 0 aromatic heterocycles. The van der Waals surface area contributed by atoms with Gasteiger partial charge in [0, 0.05) is 24.6 Å². The molecule has 0 heterocycles. The third kappa shape index (κ3) is 4.58. The van der Waals surface area contributed by atoms with Crippen LogP contribution in [0.4, 0.5) is 5.69 Å². The lowest BCUT2D eigenvalue weighted by Gasteiger charge is -2.10. The summed E-state index contributed by atoms with van der Waals surface area (Å²) in [6, 6.07) is 2.90. The van der Waals surface area contributed by atoms with Crippen molar-refractivity contribution in [1.82, 2.24) is 10.6 Å². The molecule has 2 amide bonds. The van der Waals surface area contributed by atoms with E-state index in [2.05, 4.69) is 10.6 Å². The lowest BCUT2D eigenvalue weighted by atomic mass is 10.2. The minimum Gasteiger partial charge on any atom is -0.396 e. The fourth-order valence-corrected chi connectivity index (χ4v) is 1.87. The Hall–Kier alpha value is -1.46. The van der Waals surface area contributed by atoms with Crippen LogP contribution >= 0.6 is 23.2 Å². The molecule has 0 aliphatic carbocycles. The Bertz CT molecular complexity index is 495. The van der Waals surface area contributed by atoms with Gasteiger partial charge < -0.3 is 16.4 Å². The standard InChI is InChI=1S/C13H17Cl2N3O2/c1-7(2)12(19)17-3-4-18-13(20)8-5-9(14)11(16)10(15)6-8/h5-7H,3-4,16H2,1-2H3,(H,17,19)(H,18,20). The summed E-state index contributed by atoms with van der Waals surface area (Å²) in [4.78, 5) is 23.2. The predicted molar refractivity (Wildman–Crippen MR) is 81.1 cm³/mol. The Morgan fingerprint density at radius 3 is 2.15 bits per heavy atom. The average Bonchev–Trinajstić information content (AvgIpc) is 2.39. The van der Waals surface area contributed by atoms with E-state index in [1.165, 1.54) is 12.1 Å². The Morgan fingerprint density at radius 1 is 1.15 bits per heavy atom. The molecule has 1 aromatic rings. The van der Waals surface area contributed by atoms with Gasteiger partial charge in [-0.2, -0.15) is 0 Å². The second kappa shape index (κ2) is 7.36. The summed E-state index contributed by atoms with van der Waals surface area (Å²) < 4.78 is 0. The number of halogens is 2.